The van der Waals surface area contributed by atoms with Crippen molar-refractivity contribution in [2.75, 3.05) is 0 Å². The van der Waals surface area contributed by atoms with Crippen LogP contribution in [0.5, 0.6) is 5.75 Å². The molecule has 1 aliphatic rings. The second-order valence-corrected chi connectivity index (χ2v) is 6.43. The fourth-order valence-electron chi connectivity index (χ4n) is 1.36. The molecule has 0 heterocycles. The summed E-state index contributed by atoms with van der Waals surface area (Å²) < 4.78 is 0. The van der Waals surface area contributed by atoms with E-state index in [1.807, 2.05) is 18.2 Å². The van der Waals surface area contributed by atoms with E-state index in [2.05, 4.69) is 34.6 Å². The Bertz CT molecular complexity index is 339. The fraction of sp³-hybridized carbons (Fsp3) is 0.600. The number of aromatic hydroxyl groups is 1. The predicted molar refractivity (Wildman–Crippen MR) is 69.8 cm³/mol. The molecule has 1 aliphatic carbocycles. The van der Waals surface area contributed by atoms with E-state index in [1.165, 1.54) is 12.8 Å². The number of phenols is 1. The third-order valence-corrected chi connectivity index (χ3v) is 2.96. The van der Waals surface area contributed by atoms with Gasteiger partial charge in [-0.3, -0.25) is 0 Å². The number of phenolic OH excluding ortho intramolecular Hbond substituents is 1. The molecule has 1 aromatic rings. The molecular weight excluding hydrogens is 196 g/mol. The smallest absolute Gasteiger partial charge is 0.119 e. The van der Waals surface area contributed by atoms with Gasteiger partial charge in [0.2, 0.25) is 0 Å². The topological polar surface area (TPSA) is 20.2 Å². The van der Waals surface area contributed by atoms with Gasteiger partial charge in [0.05, 0.1) is 0 Å². The molecule has 0 aliphatic heterocycles. The molecule has 1 N–H and O–H groups in total. The van der Waals surface area contributed by atoms with Gasteiger partial charge in [0.25, 0.3) is 0 Å². The zero-order chi connectivity index (χ0) is 12.4. The first-order valence-corrected chi connectivity index (χ1v) is 6.01. The quantitative estimate of drug-likeness (QED) is 0.682. The normalized spacial score (nSPS) is 17.3. The second kappa shape index (κ2) is 4.48. The third kappa shape index (κ3) is 4.26. The molecule has 16 heavy (non-hydrogen) atoms. The van der Waals surface area contributed by atoms with E-state index >= 15 is 0 Å². The van der Waals surface area contributed by atoms with Gasteiger partial charge >= 0.3 is 0 Å². The Balaban J connectivity index is 0.000000212. The molecule has 1 aromatic carbocycles. The van der Waals surface area contributed by atoms with E-state index in [-0.39, 0.29) is 5.41 Å². The van der Waals surface area contributed by atoms with Crippen molar-refractivity contribution in [2.45, 2.75) is 52.9 Å². The van der Waals surface area contributed by atoms with Crippen molar-refractivity contribution in [3.05, 3.63) is 29.8 Å². The molecule has 1 nitrogen and oxygen atoms in total. The van der Waals surface area contributed by atoms with Gasteiger partial charge in [-0.25, -0.2) is 0 Å². The van der Waals surface area contributed by atoms with Gasteiger partial charge in [0.1, 0.15) is 5.75 Å². The van der Waals surface area contributed by atoms with Crippen LogP contribution in [-0.2, 0) is 5.41 Å². The Morgan fingerprint density at radius 2 is 1.50 bits per heavy atom. The van der Waals surface area contributed by atoms with Gasteiger partial charge < -0.3 is 5.11 Å². The lowest BCUT2D eigenvalue weighted by molar-refractivity contribution is 0.447. The average Bonchev–Trinajstić information content (AvgIpc) is 2.81. The first kappa shape index (κ1) is 13.1. The number of benzene rings is 1. The van der Waals surface area contributed by atoms with Gasteiger partial charge in [-0.05, 0) is 35.3 Å². The SMILES string of the molecule is CC(C)(C)c1ccccc1O.CC1(C)CC1. The average molecular weight is 220 g/mol. The van der Waals surface area contributed by atoms with Crippen LogP contribution in [0.1, 0.15) is 53.0 Å². The molecule has 0 spiro atoms. The van der Waals surface area contributed by atoms with Crippen LogP contribution in [0.2, 0.25) is 0 Å². The lowest BCUT2D eigenvalue weighted by Gasteiger charge is -2.19. The summed E-state index contributed by atoms with van der Waals surface area (Å²) in [6, 6.07) is 7.46. The molecule has 1 saturated carbocycles. The number of rotatable bonds is 0. The summed E-state index contributed by atoms with van der Waals surface area (Å²) in [4.78, 5) is 0. The minimum Gasteiger partial charge on any atom is -0.508 e. The summed E-state index contributed by atoms with van der Waals surface area (Å²) in [6.07, 6.45) is 2.90. The number of para-hydroxylation sites is 1. The Morgan fingerprint density at radius 3 is 1.75 bits per heavy atom. The summed E-state index contributed by atoms with van der Waals surface area (Å²) in [5, 5.41) is 9.45. The summed E-state index contributed by atoms with van der Waals surface area (Å²) >= 11 is 0. The summed E-state index contributed by atoms with van der Waals surface area (Å²) in [5.74, 6) is 0.389. The van der Waals surface area contributed by atoms with Gasteiger partial charge in [-0.1, -0.05) is 52.8 Å². The third-order valence-electron chi connectivity index (χ3n) is 2.96. The van der Waals surface area contributed by atoms with Crippen molar-refractivity contribution in [2.24, 2.45) is 5.41 Å². The fourth-order valence-corrected chi connectivity index (χ4v) is 1.36. The van der Waals surface area contributed by atoms with Crippen molar-refractivity contribution >= 4 is 0 Å². The van der Waals surface area contributed by atoms with E-state index in [0.29, 0.717) is 5.75 Å². The Hall–Kier alpha value is -0.980. The first-order chi connectivity index (χ1) is 7.22. The van der Waals surface area contributed by atoms with Crippen LogP contribution in [0.4, 0.5) is 0 Å². The molecule has 0 aromatic heterocycles. The molecule has 90 valence electrons. The maximum absolute atomic E-state index is 9.45. The van der Waals surface area contributed by atoms with Crippen LogP contribution in [-0.4, -0.2) is 5.11 Å². The largest absolute Gasteiger partial charge is 0.508 e. The zero-order valence-corrected chi connectivity index (χ0v) is 11.2. The number of hydrogen-bond donors (Lipinski definition) is 1. The summed E-state index contributed by atoms with van der Waals surface area (Å²) in [7, 11) is 0. The van der Waals surface area contributed by atoms with Crippen LogP contribution in [0.3, 0.4) is 0 Å². The lowest BCUT2D eigenvalue weighted by Crippen LogP contribution is -2.10. The van der Waals surface area contributed by atoms with Crippen molar-refractivity contribution in [3.63, 3.8) is 0 Å². The zero-order valence-electron chi connectivity index (χ0n) is 11.2. The van der Waals surface area contributed by atoms with Crippen molar-refractivity contribution in [1.29, 1.82) is 0 Å². The van der Waals surface area contributed by atoms with E-state index in [0.717, 1.165) is 11.0 Å². The highest BCUT2D eigenvalue weighted by Gasteiger charge is 2.30. The molecule has 0 bridgehead atoms. The molecule has 0 unspecified atom stereocenters. The standard InChI is InChI=1S/C10H14O.C5H10/c1-10(2,3)8-6-4-5-7-9(8)11;1-5(2)3-4-5/h4-7,11H,1-3H3;3-4H2,1-2H3. The second-order valence-electron chi connectivity index (χ2n) is 6.43. The minimum atomic E-state index is 0.0331. The number of hydrogen-bond acceptors (Lipinski definition) is 1. The van der Waals surface area contributed by atoms with Gasteiger partial charge in [-0.15, -0.1) is 0 Å². The molecule has 0 radical (unpaired) electrons. The van der Waals surface area contributed by atoms with Crippen LogP contribution < -0.4 is 0 Å². The van der Waals surface area contributed by atoms with Crippen molar-refractivity contribution in [3.8, 4) is 5.75 Å². The van der Waals surface area contributed by atoms with E-state index < -0.39 is 0 Å². The molecule has 0 amide bonds. The first-order valence-electron chi connectivity index (χ1n) is 6.01. The molecule has 0 atom stereocenters. The van der Waals surface area contributed by atoms with Gasteiger partial charge in [-0.2, -0.15) is 0 Å². The van der Waals surface area contributed by atoms with E-state index in [1.54, 1.807) is 6.07 Å². The maximum atomic E-state index is 9.45. The van der Waals surface area contributed by atoms with Crippen LogP contribution in [0, 0.1) is 5.41 Å². The van der Waals surface area contributed by atoms with E-state index in [4.69, 9.17) is 0 Å². The molecular formula is C15H24O. The van der Waals surface area contributed by atoms with E-state index in [9.17, 15) is 5.11 Å². The molecule has 1 fully saturated rings. The molecule has 1 heteroatoms. The maximum Gasteiger partial charge on any atom is 0.119 e. The molecule has 2 rings (SSSR count). The van der Waals surface area contributed by atoms with Crippen LogP contribution >= 0.6 is 0 Å². The highest BCUT2D eigenvalue weighted by atomic mass is 16.3. The van der Waals surface area contributed by atoms with Gasteiger partial charge in [0.15, 0.2) is 0 Å². The minimum absolute atomic E-state index is 0.0331. The monoisotopic (exact) mass is 220 g/mol. The predicted octanol–water partition coefficient (Wildman–Crippen LogP) is 4.50. The Kier molecular flexibility index (Phi) is 3.67. The molecule has 0 saturated heterocycles. The van der Waals surface area contributed by atoms with Crippen LogP contribution in [0.15, 0.2) is 24.3 Å². The van der Waals surface area contributed by atoms with Crippen LogP contribution in [0.25, 0.3) is 0 Å². The Morgan fingerprint density at radius 1 is 1.06 bits per heavy atom. The highest BCUT2D eigenvalue weighted by molar-refractivity contribution is 5.36. The summed E-state index contributed by atoms with van der Waals surface area (Å²) in [6.45, 7) is 10.9. The highest BCUT2D eigenvalue weighted by Crippen LogP contribution is 2.43. The van der Waals surface area contributed by atoms with Crippen molar-refractivity contribution in [1.82, 2.24) is 0 Å². The van der Waals surface area contributed by atoms with Crippen molar-refractivity contribution < 1.29 is 5.11 Å². The Labute approximate surface area is 99.5 Å². The van der Waals surface area contributed by atoms with Gasteiger partial charge in [0, 0.05) is 0 Å². The lowest BCUT2D eigenvalue weighted by atomic mass is 9.86. The summed E-state index contributed by atoms with van der Waals surface area (Å²) in [5.41, 5.74) is 1.78.